The van der Waals surface area contributed by atoms with Crippen molar-refractivity contribution in [3.63, 3.8) is 0 Å². The second-order valence-electron chi connectivity index (χ2n) is 10.1. The molecule has 1 N–H and O–H groups in total. The number of nitrogens with one attached hydrogen (secondary N) is 1. The lowest BCUT2D eigenvalue weighted by atomic mass is 9.91. The van der Waals surface area contributed by atoms with Crippen molar-refractivity contribution in [1.29, 1.82) is 0 Å². The summed E-state index contributed by atoms with van der Waals surface area (Å²) in [7, 11) is -3.84. The van der Waals surface area contributed by atoms with Gasteiger partial charge in [-0.2, -0.15) is 5.10 Å². The minimum absolute atomic E-state index is 0.0852. The van der Waals surface area contributed by atoms with Crippen LogP contribution in [-0.2, 0) is 22.9 Å². The number of rotatable bonds is 8. The van der Waals surface area contributed by atoms with Crippen LogP contribution < -0.4 is 4.72 Å². The molecule has 0 amide bonds. The van der Waals surface area contributed by atoms with Gasteiger partial charge in [-0.05, 0) is 74.1 Å². The maximum Gasteiger partial charge on any atom is 0.234 e. The highest BCUT2D eigenvalue weighted by atomic mass is 32.2. The summed E-state index contributed by atoms with van der Waals surface area (Å²) in [5, 5.41) is 5.74. The fourth-order valence-electron chi connectivity index (χ4n) is 5.31. The van der Waals surface area contributed by atoms with Crippen LogP contribution >= 0.6 is 0 Å². The van der Waals surface area contributed by atoms with E-state index in [9.17, 15) is 17.2 Å². The Balaban J connectivity index is 1.54. The van der Waals surface area contributed by atoms with Gasteiger partial charge in [0, 0.05) is 29.0 Å². The topological polar surface area (TPSA) is 64.0 Å². The Bertz CT molecular complexity index is 1620. The molecule has 1 aliphatic rings. The van der Waals surface area contributed by atoms with Crippen LogP contribution in [0.25, 0.3) is 11.8 Å². The van der Waals surface area contributed by atoms with Crippen molar-refractivity contribution in [3.05, 3.63) is 124 Å². The van der Waals surface area contributed by atoms with Crippen molar-refractivity contribution in [3.8, 4) is 5.69 Å². The molecule has 0 fully saturated rings. The number of benzene rings is 3. The molecular formula is C31H30F3N3O2S. The summed E-state index contributed by atoms with van der Waals surface area (Å²) in [5.41, 5.74) is 3.84. The zero-order valence-electron chi connectivity index (χ0n) is 22.0. The van der Waals surface area contributed by atoms with Gasteiger partial charge in [0.25, 0.3) is 0 Å². The number of sulfonamides is 1. The Hall–Kier alpha value is -3.69. The van der Waals surface area contributed by atoms with Gasteiger partial charge in [-0.3, -0.25) is 0 Å². The monoisotopic (exact) mass is 565 g/mol. The fraction of sp³-hybridized carbons (Fsp3) is 0.258. The molecule has 0 aliphatic heterocycles. The van der Waals surface area contributed by atoms with Crippen LogP contribution in [0.4, 0.5) is 13.2 Å². The van der Waals surface area contributed by atoms with Gasteiger partial charge in [0.05, 0.1) is 11.4 Å². The summed E-state index contributed by atoms with van der Waals surface area (Å²) in [6, 6.07) is 18.4. The third-order valence-electron chi connectivity index (χ3n) is 7.25. The maximum absolute atomic E-state index is 15.0. The van der Waals surface area contributed by atoms with Gasteiger partial charge in [0.1, 0.15) is 17.3 Å². The second kappa shape index (κ2) is 11.8. The zero-order valence-corrected chi connectivity index (χ0v) is 22.8. The first-order valence-corrected chi connectivity index (χ1v) is 14.8. The van der Waals surface area contributed by atoms with Crippen LogP contribution in [0.3, 0.4) is 0 Å². The molecule has 1 unspecified atom stereocenters. The van der Waals surface area contributed by atoms with Crippen LogP contribution in [0.1, 0.15) is 66.2 Å². The van der Waals surface area contributed by atoms with E-state index in [1.807, 2.05) is 30.3 Å². The first-order chi connectivity index (χ1) is 19.2. The summed E-state index contributed by atoms with van der Waals surface area (Å²) in [5.74, 6) is -1.88. The highest BCUT2D eigenvalue weighted by Crippen LogP contribution is 2.37. The number of hydrogen-bond acceptors (Lipinski definition) is 3. The van der Waals surface area contributed by atoms with E-state index in [1.54, 1.807) is 19.1 Å². The summed E-state index contributed by atoms with van der Waals surface area (Å²) in [6.07, 6.45) is 5.18. The van der Waals surface area contributed by atoms with Gasteiger partial charge in [-0.25, -0.2) is 31.0 Å². The molecule has 1 heterocycles. The predicted octanol–water partition coefficient (Wildman–Crippen LogP) is 6.99. The molecule has 2 atom stereocenters. The molecule has 9 heteroatoms. The average molecular weight is 566 g/mol. The zero-order chi connectivity index (χ0) is 28.3. The number of hydrogen-bond donors (Lipinski definition) is 1. The molecule has 0 saturated carbocycles. The van der Waals surface area contributed by atoms with E-state index < -0.39 is 27.7 Å². The first kappa shape index (κ1) is 27.9. The van der Waals surface area contributed by atoms with E-state index in [1.165, 1.54) is 35.0 Å². The Morgan fingerprint density at radius 2 is 1.73 bits per heavy atom. The van der Waals surface area contributed by atoms with Crippen molar-refractivity contribution in [2.75, 3.05) is 0 Å². The standard InChI is InChI=1S/C31H30F3N3O2S/c1-21(23-7-3-2-4-8-23)36-40(38,39)18-17-29-27-10-6-5-9-24(19-22-11-13-25(32)14-12-22)31(27)37(35-29)30-16-15-26(33)20-28(30)34/h2-4,7-8,11-18,20-21,24,36H,5-6,9-10,19H2,1H3/t21-,24?/m0/s1. The number of halogens is 3. The van der Waals surface area contributed by atoms with Crippen LogP contribution in [0.5, 0.6) is 0 Å². The van der Waals surface area contributed by atoms with Crippen LogP contribution in [-0.4, -0.2) is 18.2 Å². The van der Waals surface area contributed by atoms with E-state index in [4.69, 9.17) is 0 Å². The van der Waals surface area contributed by atoms with Crippen LogP contribution in [0.2, 0.25) is 0 Å². The number of nitrogens with zero attached hydrogens (tertiary/aromatic N) is 2. The van der Waals surface area contributed by atoms with Gasteiger partial charge >= 0.3 is 0 Å². The van der Waals surface area contributed by atoms with Crippen molar-refractivity contribution in [2.24, 2.45) is 0 Å². The Morgan fingerprint density at radius 1 is 1.00 bits per heavy atom. The van der Waals surface area contributed by atoms with Crippen molar-refractivity contribution >= 4 is 16.1 Å². The van der Waals surface area contributed by atoms with Gasteiger partial charge in [-0.1, -0.05) is 48.9 Å². The molecule has 0 saturated heterocycles. The number of aromatic nitrogens is 2. The largest absolute Gasteiger partial charge is 0.234 e. The smallest absolute Gasteiger partial charge is 0.234 e. The third-order valence-corrected chi connectivity index (χ3v) is 8.43. The second-order valence-corrected chi connectivity index (χ2v) is 11.7. The molecule has 3 aromatic carbocycles. The average Bonchev–Trinajstić information content (AvgIpc) is 3.15. The van der Waals surface area contributed by atoms with Gasteiger partial charge in [0.15, 0.2) is 5.82 Å². The Labute approximate surface area is 232 Å². The van der Waals surface area contributed by atoms with Gasteiger partial charge < -0.3 is 0 Å². The molecular weight excluding hydrogens is 535 g/mol. The molecule has 1 aliphatic carbocycles. The van der Waals surface area contributed by atoms with Crippen LogP contribution in [0.15, 0.2) is 78.2 Å². The molecule has 208 valence electrons. The van der Waals surface area contributed by atoms with E-state index in [0.717, 1.165) is 53.1 Å². The first-order valence-electron chi connectivity index (χ1n) is 13.3. The molecule has 0 spiro atoms. The quantitative estimate of drug-likeness (QED) is 0.234. The molecule has 40 heavy (non-hydrogen) atoms. The molecule has 0 radical (unpaired) electrons. The van der Waals surface area contributed by atoms with Crippen molar-refractivity contribution in [1.82, 2.24) is 14.5 Å². The normalized spacial score (nSPS) is 16.6. The van der Waals surface area contributed by atoms with E-state index in [0.29, 0.717) is 18.5 Å². The summed E-state index contributed by atoms with van der Waals surface area (Å²) in [4.78, 5) is 0. The molecule has 0 bridgehead atoms. The minimum atomic E-state index is -3.84. The molecule has 5 nitrogen and oxygen atoms in total. The Kier molecular flexibility index (Phi) is 8.23. The SMILES string of the molecule is C[C@H](NS(=O)(=O)C=Cc1nn(-c2ccc(F)cc2F)c2c1CCCCC2Cc1ccc(F)cc1)c1ccccc1. The molecule has 1 aromatic heterocycles. The van der Waals surface area contributed by atoms with E-state index in [2.05, 4.69) is 9.82 Å². The lowest BCUT2D eigenvalue weighted by Gasteiger charge is -2.19. The minimum Gasteiger partial charge on any atom is -0.234 e. The highest BCUT2D eigenvalue weighted by molar-refractivity contribution is 7.92. The number of fused-ring (bicyclic) bond motifs is 1. The summed E-state index contributed by atoms with van der Waals surface area (Å²) < 4.78 is 72.4. The highest BCUT2D eigenvalue weighted by Gasteiger charge is 2.28. The van der Waals surface area contributed by atoms with Gasteiger partial charge in [0.2, 0.25) is 10.0 Å². The third kappa shape index (κ3) is 6.37. The van der Waals surface area contributed by atoms with E-state index >= 15 is 4.39 Å². The molecule has 5 rings (SSSR count). The lowest BCUT2D eigenvalue weighted by Crippen LogP contribution is -2.24. The Morgan fingerprint density at radius 3 is 2.45 bits per heavy atom. The van der Waals surface area contributed by atoms with Crippen molar-refractivity contribution < 1.29 is 21.6 Å². The molecule has 4 aromatic rings. The van der Waals surface area contributed by atoms with Crippen LogP contribution in [0, 0.1) is 17.5 Å². The van der Waals surface area contributed by atoms with Gasteiger partial charge in [-0.15, -0.1) is 0 Å². The summed E-state index contributed by atoms with van der Waals surface area (Å²) in [6.45, 7) is 1.76. The van der Waals surface area contributed by atoms with Crippen molar-refractivity contribution in [2.45, 2.75) is 51.0 Å². The summed E-state index contributed by atoms with van der Waals surface area (Å²) >= 11 is 0. The lowest BCUT2D eigenvalue weighted by molar-refractivity contribution is 0.545. The maximum atomic E-state index is 15.0. The fourth-order valence-corrected chi connectivity index (χ4v) is 6.33. The van der Waals surface area contributed by atoms with E-state index in [-0.39, 0.29) is 17.4 Å². The predicted molar refractivity (Wildman–Crippen MR) is 150 cm³/mol.